The van der Waals surface area contributed by atoms with Gasteiger partial charge in [0, 0.05) is 7.05 Å². The number of hydrazine groups is 1. The van der Waals surface area contributed by atoms with Gasteiger partial charge in [-0.25, -0.2) is 10.4 Å². The Bertz CT molecular complexity index is 51.5. The van der Waals surface area contributed by atoms with E-state index in [2.05, 4.69) is 17.4 Å². The monoisotopic (exact) mass is 86.1 g/mol. The minimum absolute atomic E-state index is 0.685. The molecule has 1 aliphatic rings. The molecular formula is C4H10N2. The summed E-state index contributed by atoms with van der Waals surface area (Å²) in [6.07, 6.45) is 1.90. The van der Waals surface area contributed by atoms with E-state index in [1.54, 1.807) is 0 Å². The molecule has 0 aliphatic carbocycles. The van der Waals surface area contributed by atoms with Gasteiger partial charge < -0.3 is 0 Å². The van der Waals surface area contributed by atoms with Gasteiger partial charge in [0.05, 0.1) is 6.17 Å². The SMILES string of the molecule is CCC1NN1C. The molecule has 1 N–H and O–H groups in total. The van der Waals surface area contributed by atoms with E-state index in [0.29, 0.717) is 6.17 Å². The van der Waals surface area contributed by atoms with Gasteiger partial charge in [-0.1, -0.05) is 6.92 Å². The van der Waals surface area contributed by atoms with Crippen molar-refractivity contribution in [2.45, 2.75) is 19.5 Å². The van der Waals surface area contributed by atoms with Gasteiger partial charge in [0.2, 0.25) is 0 Å². The molecule has 0 aromatic heterocycles. The Morgan fingerprint density at radius 1 is 1.83 bits per heavy atom. The van der Waals surface area contributed by atoms with Crippen LogP contribution in [0.1, 0.15) is 13.3 Å². The molecule has 0 saturated carbocycles. The summed E-state index contributed by atoms with van der Waals surface area (Å²) < 4.78 is 0. The van der Waals surface area contributed by atoms with E-state index < -0.39 is 0 Å². The molecule has 1 saturated heterocycles. The van der Waals surface area contributed by atoms with Gasteiger partial charge in [-0.05, 0) is 6.42 Å². The first-order valence-corrected chi connectivity index (χ1v) is 2.33. The molecule has 0 radical (unpaired) electrons. The summed E-state index contributed by atoms with van der Waals surface area (Å²) in [4.78, 5) is 0. The van der Waals surface area contributed by atoms with E-state index in [9.17, 15) is 0 Å². The average molecular weight is 86.1 g/mol. The van der Waals surface area contributed by atoms with Crippen molar-refractivity contribution in [2.75, 3.05) is 7.05 Å². The van der Waals surface area contributed by atoms with Crippen LogP contribution in [0.4, 0.5) is 0 Å². The zero-order chi connectivity index (χ0) is 4.57. The Balaban J connectivity index is 2.09. The van der Waals surface area contributed by atoms with E-state index in [-0.39, 0.29) is 0 Å². The average Bonchev–Trinajstić information content (AvgIpc) is 2.19. The molecule has 0 aromatic rings. The highest BCUT2D eigenvalue weighted by molar-refractivity contribution is 4.70. The second kappa shape index (κ2) is 1.21. The van der Waals surface area contributed by atoms with Crippen molar-refractivity contribution in [2.24, 2.45) is 0 Å². The summed E-state index contributed by atoms with van der Waals surface area (Å²) in [5.74, 6) is 0. The lowest BCUT2D eigenvalue weighted by molar-refractivity contribution is 0.581. The molecule has 2 nitrogen and oxygen atoms in total. The molecule has 1 aliphatic heterocycles. The third-order valence-electron chi connectivity index (χ3n) is 1.14. The summed E-state index contributed by atoms with van der Waals surface area (Å²) in [5, 5.41) is 2.10. The molecule has 1 rings (SSSR count). The Morgan fingerprint density at radius 2 is 2.33 bits per heavy atom. The zero-order valence-electron chi connectivity index (χ0n) is 4.23. The van der Waals surface area contributed by atoms with Gasteiger partial charge in [-0.2, -0.15) is 0 Å². The summed E-state index contributed by atoms with van der Waals surface area (Å²) in [6, 6.07) is 0. The molecule has 1 fully saturated rings. The maximum atomic E-state index is 3.11. The largest absolute Gasteiger partial charge is 0.235 e. The van der Waals surface area contributed by atoms with Gasteiger partial charge in [0.15, 0.2) is 0 Å². The number of nitrogens with one attached hydrogen (secondary N) is 1. The molecule has 2 unspecified atom stereocenters. The van der Waals surface area contributed by atoms with Crippen LogP contribution in [0.3, 0.4) is 0 Å². The molecular weight excluding hydrogens is 76.1 g/mol. The molecule has 2 heteroatoms. The van der Waals surface area contributed by atoms with Gasteiger partial charge >= 0.3 is 0 Å². The molecule has 1 heterocycles. The van der Waals surface area contributed by atoms with Gasteiger partial charge in [-0.3, -0.25) is 0 Å². The maximum Gasteiger partial charge on any atom is 0.0857 e. The highest BCUT2D eigenvalue weighted by atomic mass is 15.7. The van der Waals surface area contributed by atoms with Crippen molar-refractivity contribution in [3.05, 3.63) is 0 Å². The van der Waals surface area contributed by atoms with Crippen molar-refractivity contribution in [3.8, 4) is 0 Å². The summed E-state index contributed by atoms with van der Waals surface area (Å²) in [7, 11) is 2.05. The lowest BCUT2D eigenvalue weighted by atomic mass is 10.4. The van der Waals surface area contributed by atoms with E-state index in [0.717, 1.165) is 0 Å². The van der Waals surface area contributed by atoms with Crippen LogP contribution in [0, 0.1) is 0 Å². The quantitative estimate of drug-likeness (QED) is 0.460. The molecule has 0 aromatic carbocycles. The second-order valence-corrected chi connectivity index (χ2v) is 1.66. The van der Waals surface area contributed by atoms with Crippen LogP contribution in [-0.2, 0) is 0 Å². The van der Waals surface area contributed by atoms with Crippen LogP contribution in [0.5, 0.6) is 0 Å². The highest BCUT2D eigenvalue weighted by Gasteiger charge is 2.25. The number of rotatable bonds is 1. The van der Waals surface area contributed by atoms with Crippen molar-refractivity contribution < 1.29 is 0 Å². The summed E-state index contributed by atoms with van der Waals surface area (Å²) in [5.41, 5.74) is 3.11. The Hall–Kier alpha value is -0.0800. The summed E-state index contributed by atoms with van der Waals surface area (Å²) >= 11 is 0. The second-order valence-electron chi connectivity index (χ2n) is 1.66. The lowest BCUT2D eigenvalue weighted by Crippen LogP contribution is -1.89. The number of hydrogen-bond acceptors (Lipinski definition) is 2. The zero-order valence-corrected chi connectivity index (χ0v) is 4.23. The van der Waals surface area contributed by atoms with Crippen LogP contribution in [0.2, 0.25) is 0 Å². The molecule has 0 bridgehead atoms. The van der Waals surface area contributed by atoms with Crippen LogP contribution >= 0.6 is 0 Å². The Labute approximate surface area is 38.1 Å². The Morgan fingerprint density at radius 3 is 2.33 bits per heavy atom. The van der Waals surface area contributed by atoms with Crippen molar-refractivity contribution in [1.29, 1.82) is 0 Å². The predicted octanol–water partition coefficient (Wildman–Crippen LogP) is 0.172. The van der Waals surface area contributed by atoms with Crippen LogP contribution < -0.4 is 5.43 Å². The van der Waals surface area contributed by atoms with Crippen LogP contribution in [0.25, 0.3) is 0 Å². The third kappa shape index (κ3) is 0.533. The topological polar surface area (TPSA) is 25.0 Å². The Kier molecular flexibility index (Phi) is 0.821. The van der Waals surface area contributed by atoms with Crippen molar-refractivity contribution in [3.63, 3.8) is 0 Å². The maximum absolute atomic E-state index is 3.11. The van der Waals surface area contributed by atoms with E-state index in [4.69, 9.17) is 0 Å². The third-order valence-corrected chi connectivity index (χ3v) is 1.14. The molecule has 2 atom stereocenters. The van der Waals surface area contributed by atoms with Crippen molar-refractivity contribution >= 4 is 0 Å². The number of nitrogens with zero attached hydrogens (tertiary/aromatic N) is 1. The molecule has 0 spiro atoms. The standard InChI is InChI=1S/C4H10N2/c1-3-4-5-6(4)2/h4-5H,3H2,1-2H3. The van der Waals surface area contributed by atoms with E-state index >= 15 is 0 Å². The number of hydrogen-bond donors (Lipinski definition) is 1. The fourth-order valence-corrected chi connectivity index (χ4v) is 0.567. The van der Waals surface area contributed by atoms with Crippen LogP contribution in [0.15, 0.2) is 0 Å². The summed E-state index contributed by atoms with van der Waals surface area (Å²) in [6.45, 7) is 2.17. The first-order chi connectivity index (χ1) is 2.84. The van der Waals surface area contributed by atoms with Gasteiger partial charge in [0.1, 0.15) is 0 Å². The first kappa shape index (κ1) is 4.09. The smallest absolute Gasteiger partial charge is 0.0857 e. The fourth-order valence-electron chi connectivity index (χ4n) is 0.567. The van der Waals surface area contributed by atoms with Gasteiger partial charge in [-0.15, -0.1) is 0 Å². The lowest BCUT2D eigenvalue weighted by Gasteiger charge is -1.78. The minimum atomic E-state index is 0.685. The molecule has 36 valence electrons. The van der Waals surface area contributed by atoms with Gasteiger partial charge in [0.25, 0.3) is 0 Å². The normalized spacial score (nSPS) is 43.0. The fraction of sp³-hybridized carbons (Fsp3) is 1.00. The first-order valence-electron chi connectivity index (χ1n) is 2.33. The minimum Gasteiger partial charge on any atom is -0.235 e. The molecule has 0 amide bonds. The molecule has 6 heavy (non-hydrogen) atoms. The highest BCUT2D eigenvalue weighted by Crippen LogP contribution is 2.06. The van der Waals surface area contributed by atoms with E-state index in [1.807, 2.05) is 7.05 Å². The predicted molar refractivity (Wildman–Crippen MR) is 25.0 cm³/mol. The van der Waals surface area contributed by atoms with Crippen LogP contribution in [-0.4, -0.2) is 18.2 Å². The van der Waals surface area contributed by atoms with Crippen molar-refractivity contribution in [1.82, 2.24) is 10.4 Å². The van der Waals surface area contributed by atoms with E-state index in [1.165, 1.54) is 6.42 Å².